The predicted octanol–water partition coefficient (Wildman–Crippen LogP) is 2.99. The van der Waals surface area contributed by atoms with Crippen molar-refractivity contribution in [1.29, 1.82) is 0 Å². The number of rotatable bonds is 5. The molecule has 0 radical (unpaired) electrons. The smallest absolute Gasteiger partial charge is 0.185 e. The maximum absolute atomic E-state index is 5.40. The molecular weight excluding hydrogens is 286 g/mol. The summed E-state index contributed by atoms with van der Waals surface area (Å²) in [7, 11) is 1.62. The third kappa shape index (κ3) is 2.97. The lowest BCUT2D eigenvalue weighted by Crippen LogP contribution is -1.96. The van der Waals surface area contributed by atoms with Gasteiger partial charge in [-0.3, -0.25) is 0 Å². The Bertz CT molecular complexity index is 703. The van der Waals surface area contributed by atoms with Crippen molar-refractivity contribution >= 4 is 17.6 Å². The third-order valence-electron chi connectivity index (χ3n) is 2.85. The van der Waals surface area contributed by atoms with Gasteiger partial charge < -0.3 is 9.46 Å². The molecule has 6 nitrogen and oxygen atoms in total. The van der Waals surface area contributed by atoms with Gasteiger partial charge in [-0.15, -0.1) is 5.10 Å². The summed E-state index contributed by atoms with van der Waals surface area (Å²) in [5, 5.41) is 14.0. The number of H-pyrrole nitrogens is 1. The van der Waals surface area contributed by atoms with Crippen LogP contribution in [0.1, 0.15) is 0 Å². The zero-order valence-corrected chi connectivity index (χ0v) is 12.1. The molecule has 0 fully saturated rings. The number of hydrogen-bond donors (Lipinski definition) is 2. The number of anilines is 1. The Morgan fingerprint density at radius 1 is 1.10 bits per heavy atom. The highest BCUT2D eigenvalue weighted by atomic mass is 32.2. The van der Waals surface area contributed by atoms with Crippen molar-refractivity contribution in [2.45, 2.75) is 4.90 Å². The Kier molecular flexibility index (Phi) is 4.02. The Hall–Kier alpha value is -2.54. The van der Waals surface area contributed by atoms with Crippen LogP contribution in [0.15, 0.2) is 53.4 Å². The minimum absolute atomic E-state index is 0.559. The van der Waals surface area contributed by atoms with Gasteiger partial charge in [0.05, 0.1) is 18.4 Å². The molecule has 21 heavy (non-hydrogen) atoms. The van der Waals surface area contributed by atoms with E-state index in [0.717, 1.165) is 16.1 Å². The van der Waals surface area contributed by atoms with Crippen LogP contribution in [0, 0.1) is 0 Å². The normalized spacial score (nSPS) is 10.3. The van der Waals surface area contributed by atoms with E-state index < -0.39 is 0 Å². The lowest BCUT2D eigenvalue weighted by atomic mass is 10.1. The molecule has 1 heterocycles. The molecule has 0 amide bonds. The Morgan fingerprint density at radius 2 is 1.95 bits per heavy atom. The van der Waals surface area contributed by atoms with E-state index in [2.05, 4.69) is 25.3 Å². The first kappa shape index (κ1) is 13.4. The van der Waals surface area contributed by atoms with E-state index in [4.69, 9.17) is 4.74 Å². The number of nitrogens with zero attached hydrogens (tertiary/aromatic N) is 3. The van der Waals surface area contributed by atoms with Gasteiger partial charge >= 0.3 is 0 Å². The van der Waals surface area contributed by atoms with Gasteiger partial charge in [0.25, 0.3) is 0 Å². The molecule has 0 bridgehead atoms. The standard InChI is InChI=1S/C14H13N5OS/c1-20-12-9-5-8-11(13(12)14-15-18-19-16-14)17-21-10-6-3-2-4-7-10/h2-9,17H,1H3,(H,15,16,18,19). The summed E-state index contributed by atoms with van der Waals surface area (Å²) >= 11 is 1.52. The molecule has 1 aromatic heterocycles. The molecule has 0 saturated heterocycles. The van der Waals surface area contributed by atoms with Gasteiger partial charge in [-0.05, 0) is 46.6 Å². The van der Waals surface area contributed by atoms with Gasteiger partial charge in [-0.25, -0.2) is 5.10 Å². The second-order valence-electron chi connectivity index (χ2n) is 4.15. The number of methoxy groups -OCH3 is 1. The molecule has 3 rings (SSSR count). The van der Waals surface area contributed by atoms with Crippen molar-refractivity contribution in [3.05, 3.63) is 48.5 Å². The molecule has 0 atom stereocenters. The van der Waals surface area contributed by atoms with Crippen LogP contribution < -0.4 is 9.46 Å². The molecule has 0 aliphatic carbocycles. The molecule has 2 aromatic carbocycles. The summed E-state index contributed by atoms with van der Waals surface area (Å²) in [6.07, 6.45) is 0. The molecule has 3 aromatic rings. The molecule has 0 spiro atoms. The highest BCUT2D eigenvalue weighted by Gasteiger charge is 2.14. The van der Waals surface area contributed by atoms with Crippen LogP contribution in [0.4, 0.5) is 5.69 Å². The second kappa shape index (κ2) is 6.27. The maximum Gasteiger partial charge on any atom is 0.185 e. The first-order valence-corrected chi connectivity index (χ1v) is 7.09. The zero-order valence-electron chi connectivity index (χ0n) is 11.3. The van der Waals surface area contributed by atoms with Crippen LogP contribution in [0.3, 0.4) is 0 Å². The average Bonchev–Trinajstić information content (AvgIpc) is 3.07. The first-order valence-electron chi connectivity index (χ1n) is 6.27. The number of benzene rings is 2. The van der Waals surface area contributed by atoms with E-state index >= 15 is 0 Å². The fourth-order valence-electron chi connectivity index (χ4n) is 1.90. The fraction of sp³-hybridized carbons (Fsp3) is 0.0714. The SMILES string of the molecule is COc1cccc(NSc2ccccc2)c1-c1nnn[nH]1. The van der Waals surface area contributed by atoms with Crippen LogP contribution >= 0.6 is 11.9 Å². The second-order valence-corrected chi connectivity index (χ2v) is 5.03. The zero-order chi connectivity index (χ0) is 14.5. The van der Waals surface area contributed by atoms with Crippen molar-refractivity contribution in [1.82, 2.24) is 20.6 Å². The molecular formula is C14H13N5OS. The van der Waals surface area contributed by atoms with E-state index in [1.54, 1.807) is 7.11 Å². The summed E-state index contributed by atoms with van der Waals surface area (Å²) in [5.74, 6) is 1.26. The van der Waals surface area contributed by atoms with Crippen LogP contribution in [0.5, 0.6) is 5.75 Å². The molecule has 2 N–H and O–H groups in total. The summed E-state index contributed by atoms with van der Waals surface area (Å²) in [6, 6.07) is 15.8. The van der Waals surface area contributed by atoms with Crippen LogP contribution in [-0.4, -0.2) is 27.7 Å². The van der Waals surface area contributed by atoms with Gasteiger partial charge in [0.2, 0.25) is 0 Å². The van der Waals surface area contributed by atoms with Crippen molar-refractivity contribution in [3.8, 4) is 17.1 Å². The van der Waals surface area contributed by atoms with Crippen molar-refractivity contribution in [2.75, 3.05) is 11.8 Å². The monoisotopic (exact) mass is 299 g/mol. The number of tetrazole rings is 1. The van der Waals surface area contributed by atoms with E-state index in [0.29, 0.717) is 11.6 Å². The van der Waals surface area contributed by atoms with Gasteiger partial charge in [-0.1, -0.05) is 24.3 Å². The van der Waals surface area contributed by atoms with Gasteiger partial charge in [0.15, 0.2) is 5.82 Å². The quantitative estimate of drug-likeness (QED) is 0.705. The maximum atomic E-state index is 5.40. The minimum Gasteiger partial charge on any atom is -0.496 e. The lowest BCUT2D eigenvalue weighted by Gasteiger charge is -2.12. The van der Waals surface area contributed by atoms with Crippen LogP contribution in [0.2, 0.25) is 0 Å². The van der Waals surface area contributed by atoms with Gasteiger partial charge in [0.1, 0.15) is 5.75 Å². The van der Waals surface area contributed by atoms with Crippen molar-refractivity contribution < 1.29 is 4.74 Å². The predicted molar refractivity (Wildman–Crippen MR) is 82.1 cm³/mol. The molecule has 0 aliphatic heterocycles. The number of aromatic amines is 1. The average molecular weight is 299 g/mol. The first-order chi connectivity index (χ1) is 10.4. The molecule has 7 heteroatoms. The Morgan fingerprint density at radius 3 is 2.67 bits per heavy atom. The van der Waals surface area contributed by atoms with Crippen LogP contribution in [0.25, 0.3) is 11.4 Å². The Balaban J connectivity index is 1.91. The summed E-state index contributed by atoms with van der Waals surface area (Å²) < 4.78 is 8.71. The molecule has 0 saturated carbocycles. The van der Waals surface area contributed by atoms with Crippen LogP contribution in [-0.2, 0) is 0 Å². The van der Waals surface area contributed by atoms with Crippen molar-refractivity contribution in [2.24, 2.45) is 0 Å². The fourth-order valence-corrected chi connectivity index (χ4v) is 2.59. The van der Waals surface area contributed by atoms with Crippen molar-refractivity contribution in [3.63, 3.8) is 0 Å². The summed E-state index contributed by atoms with van der Waals surface area (Å²) in [4.78, 5) is 1.11. The molecule has 0 unspecified atom stereocenters. The summed E-state index contributed by atoms with van der Waals surface area (Å²) in [5.41, 5.74) is 1.68. The number of ether oxygens (including phenoxy) is 1. The number of aromatic nitrogens is 4. The van der Waals surface area contributed by atoms with E-state index in [-0.39, 0.29) is 0 Å². The highest BCUT2D eigenvalue weighted by molar-refractivity contribution is 8.00. The van der Waals surface area contributed by atoms with Gasteiger partial charge in [0, 0.05) is 4.90 Å². The molecule has 0 aliphatic rings. The van der Waals surface area contributed by atoms with E-state index in [1.165, 1.54) is 11.9 Å². The molecule has 106 valence electrons. The van der Waals surface area contributed by atoms with E-state index in [1.807, 2.05) is 48.5 Å². The largest absolute Gasteiger partial charge is 0.496 e. The van der Waals surface area contributed by atoms with Gasteiger partial charge in [-0.2, -0.15) is 0 Å². The Labute approximate surface area is 126 Å². The lowest BCUT2D eigenvalue weighted by molar-refractivity contribution is 0.416. The minimum atomic E-state index is 0.559. The third-order valence-corrected chi connectivity index (χ3v) is 3.68. The number of nitrogens with one attached hydrogen (secondary N) is 2. The highest BCUT2D eigenvalue weighted by Crippen LogP contribution is 2.36. The number of hydrogen-bond acceptors (Lipinski definition) is 6. The topological polar surface area (TPSA) is 75.7 Å². The summed E-state index contributed by atoms with van der Waals surface area (Å²) in [6.45, 7) is 0. The van der Waals surface area contributed by atoms with E-state index in [9.17, 15) is 0 Å².